The molecule has 1 saturated heterocycles. The molecule has 114 valence electrons. The Balaban J connectivity index is 1.95. The quantitative estimate of drug-likeness (QED) is 0.872. The lowest BCUT2D eigenvalue weighted by atomic mass is 9.97. The number of methoxy groups -OCH3 is 1. The van der Waals surface area contributed by atoms with Gasteiger partial charge in [0.05, 0.1) is 17.5 Å². The average Bonchev–Trinajstić information content (AvgIpc) is 2.49. The molecule has 0 saturated carbocycles. The van der Waals surface area contributed by atoms with Gasteiger partial charge < -0.3 is 20.1 Å². The zero-order valence-electron chi connectivity index (χ0n) is 11.6. The van der Waals surface area contributed by atoms with E-state index in [1.54, 1.807) is 30.2 Å². The number of carboxylic acids is 1. The van der Waals surface area contributed by atoms with Crippen molar-refractivity contribution in [1.29, 1.82) is 0 Å². The van der Waals surface area contributed by atoms with Gasteiger partial charge in [-0.15, -0.1) is 0 Å². The summed E-state index contributed by atoms with van der Waals surface area (Å²) in [6.45, 7) is 0.910. The van der Waals surface area contributed by atoms with E-state index in [-0.39, 0.29) is 11.9 Å². The van der Waals surface area contributed by atoms with Gasteiger partial charge in [-0.25, -0.2) is 4.79 Å². The molecule has 1 aliphatic heterocycles. The second kappa shape index (κ2) is 6.80. The lowest BCUT2D eigenvalue weighted by Crippen LogP contribution is -2.42. The second-order valence-corrected chi connectivity index (χ2v) is 5.73. The maximum Gasteiger partial charge on any atom is 0.321 e. The Labute approximate surface area is 131 Å². The summed E-state index contributed by atoms with van der Waals surface area (Å²) in [5, 5.41) is 11.7. The fourth-order valence-corrected chi connectivity index (χ4v) is 2.68. The summed E-state index contributed by atoms with van der Waals surface area (Å²) in [5.41, 5.74) is 0.639. The van der Waals surface area contributed by atoms with Crippen LogP contribution in [0.2, 0.25) is 0 Å². The topological polar surface area (TPSA) is 78.9 Å². The van der Waals surface area contributed by atoms with Crippen LogP contribution in [0, 0.1) is 5.92 Å². The lowest BCUT2D eigenvalue weighted by molar-refractivity contribution is -0.143. The normalized spacial score (nSPS) is 15.6. The molecule has 1 aliphatic rings. The van der Waals surface area contributed by atoms with Crippen molar-refractivity contribution in [3.8, 4) is 5.75 Å². The molecule has 0 radical (unpaired) electrons. The molecule has 0 bridgehead atoms. The number of amides is 2. The third-order valence-electron chi connectivity index (χ3n) is 3.53. The van der Waals surface area contributed by atoms with Gasteiger partial charge in [-0.2, -0.15) is 0 Å². The third-order valence-corrected chi connectivity index (χ3v) is 4.19. The molecule has 0 atom stereocenters. The molecule has 1 heterocycles. The summed E-state index contributed by atoms with van der Waals surface area (Å²) >= 11 is 3.35. The predicted molar refractivity (Wildman–Crippen MR) is 81.6 cm³/mol. The van der Waals surface area contributed by atoms with E-state index in [2.05, 4.69) is 21.2 Å². The maximum atomic E-state index is 12.1. The van der Waals surface area contributed by atoms with Crippen LogP contribution in [0.3, 0.4) is 0 Å². The number of halogens is 1. The number of likely N-dealkylation sites (tertiary alicyclic amines) is 1. The number of rotatable bonds is 3. The highest BCUT2D eigenvalue weighted by Crippen LogP contribution is 2.28. The number of anilines is 1. The van der Waals surface area contributed by atoms with Crippen molar-refractivity contribution in [1.82, 2.24) is 4.90 Å². The number of nitrogens with zero attached hydrogens (tertiary/aromatic N) is 1. The van der Waals surface area contributed by atoms with Crippen molar-refractivity contribution in [2.45, 2.75) is 12.8 Å². The van der Waals surface area contributed by atoms with Crippen LogP contribution >= 0.6 is 15.9 Å². The van der Waals surface area contributed by atoms with Gasteiger partial charge in [-0.05, 0) is 40.9 Å². The van der Waals surface area contributed by atoms with Crippen LogP contribution in [0.5, 0.6) is 5.75 Å². The standard InChI is InChI=1S/C14H17BrN2O4/c1-21-12-8-10(2-3-11(12)15)16-14(20)17-6-4-9(5-7-17)13(18)19/h2-3,8-9H,4-7H2,1H3,(H,16,20)(H,18,19). The highest BCUT2D eigenvalue weighted by atomic mass is 79.9. The fraction of sp³-hybridized carbons (Fsp3) is 0.429. The predicted octanol–water partition coefficient (Wildman–Crippen LogP) is 2.79. The van der Waals surface area contributed by atoms with Gasteiger partial charge in [0.25, 0.3) is 0 Å². The number of benzene rings is 1. The van der Waals surface area contributed by atoms with Crippen molar-refractivity contribution in [3.05, 3.63) is 22.7 Å². The first kappa shape index (κ1) is 15.6. The molecule has 0 aliphatic carbocycles. The first-order valence-electron chi connectivity index (χ1n) is 6.63. The smallest absolute Gasteiger partial charge is 0.321 e. The van der Waals surface area contributed by atoms with E-state index < -0.39 is 5.97 Å². The van der Waals surface area contributed by atoms with Crippen molar-refractivity contribution in [3.63, 3.8) is 0 Å². The van der Waals surface area contributed by atoms with Crippen molar-refractivity contribution < 1.29 is 19.4 Å². The number of carbonyl (C=O) groups is 2. The van der Waals surface area contributed by atoms with E-state index in [1.807, 2.05) is 0 Å². The molecular formula is C14H17BrN2O4. The lowest BCUT2D eigenvalue weighted by Gasteiger charge is -2.30. The first-order valence-corrected chi connectivity index (χ1v) is 7.43. The highest BCUT2D eigenvalue weighted by molar-refractivity contribution is 9.10. The monoisotopic (exact) mass is 356 g/mol. The third kappa shape index (κ3) is 3.87. The minimum Gasteiger partial charge on any atom is -0.495 e. The van der Waals surface area contributed by atoms with Gasteiger partial charge in [0.2, 0.25) is 0 Å². The summed E-state index contributed by atoms with van der Waals surface area (Å²) in [6, 6.07) is 5.08. The Bertz CT molecular complexity index is 542. The van der Waals surface area contributed by atoms with E-state index in [1.165, 1.54) is 0 Å². The number of carbonyl (C=O) groups excluding carboxylic acids is 1. The van der Waals surface area contributed by atoms with Crippen molar-refractivity contribution >= 4 is 33.6 Å². The number of hydrogen-bond donors (Lipinski definition) is 2. The van der Waals surface area contributed by atoms with E-state index in [0.717, 1.165) is 4.47 Å². The molecule has 0 spiro atoms. The largest absolute Gasteiger partial charge is 0.495 e. The van der Waals surface area contributed by atoms with Gasteiger partial charge in [0.15, 0.2) is 0 Å². The maximum absolute atomic E-state index is 12.1. The summed E-state index contributed by atoms with van der Waals surface area (Å²) in [4.78, 5) is 24.7. The Morgan fingerprint density at radius 1 is 1.38 bits per heavy atom. The molecule has 0 unspecified atom stereocenters. The second-order valence-electron chi connectivity index (χ2n) is 4.88. The first-order chi connectivity index (χ1) is 10.0. The molecule has 1 aromatic rings. The van der Waals surface area contributed by atoms with Crippen LogP contribution in [0.25, 0.3) is 0 Å². The molecule has 2 N–H and O–H groups in total. The summed E-state index contributed by atoms with van der Waals surface area (Å²) in [6.07, 6.45) is 0.985. The molecule has 2 amide bonds. The molecule has 6 nitrogen and oxygen atoms in total. The number of ether oxygens (including phenoxy) is 1. The van der Waals surface area contributed by atoms with Crippen LogP contribution < -0.4 is 10.1 Å². The van der Waals surface area contributed by atoms with Gasteiger partial charge in [-0.3, -0.25) is 4.79 Å². The van der Waals surface area contributed by atoms with Gasteiger partial charge in [0, 0.05) is 24.8 Å². The van der Waals surface area contributed by atoms with E-state index in [4.69, 9.17) is 9.84 Å². The molecule has 21 heavy (non-hydrogen) atoms. The minimum absolute atomic E-state index is 0.219. The summed E-state index contributed by atoms with van der Waals surface area (Å²) < 4.78 is 5.99. The van der Waals surface area contributed by atoms with Crippen LogP contribution in [0.15, 0.2) is 22.7 Å². The van der Waals surface area contributed by atoms with Gasteiger partial charge in [-0.1, -0.05) is 0 Å². The Morgan fingerprint density at radius 3 is 2.62 bits per heavy atom. The van der Waals surface area contributed by atoms with Gasteiger partial charge in [0.1, 0.15) is 5.75 Å². The zero-order valence-corrected chi connectivity index (χ0v) is 13.2. The number of urea groups is 1. The molecule has 0 aromatic heterocycles. The number of hydrogen-bond acceptors (Lipinski definition) is 3. The van der Waals surface area contributed by atoms with Crippen LogP contribution in [0.4, 0.5) is 10.5 Å². The fourth-order valence-electron chi connectivity index (χ4n) is 2.27. The zero-order chi connectivity index (χ0) is 15.4. The summed E-state index contributed by atoms with van der Waals surface area (Å²) in [7, 11) is 1.56. The number of aliphatic carboxylic acids is 1. The Hall–Kier alpha value is -1.76. The van der Waals surface area contributed by atoms with Gasteiger partial charge >= 0.3 is 12.0 Å². The molecule has 7 heteroatoms. The molecular weight excluding hydrogens is 340 g/mol. The Morgan fingerprint density at radius 2 is 2.05 bits per heavy atom. The van der Waals surface area contributed by atoms with Crippen molar-refractivity contribution in [2.24, 2.45) is 5.92 Å². The number of piperidine rings is 1. The van der Waals surface area contributed by atoms with E-state index in [0.29, 0.717) is 37.4 Å². The number of nitrogens with one attached hydrogen (secondary N) is 1. The Kier molecular flexibility index (Phi) is 5.06. The highest BCUT2D eigenvalue weighted by Gasteiger charge is 2.26. The molecule has 1 aromatic carbocycles. The summed E-state index contributed by atoms with van der Waals surface area (Å²) in [5.74, 6) is -0.494. The SMILES string of the molecule is COc1cc(NC(=O)N2CCC(C(=O)O)CC2)ccc1Br. The van der Waals surface area contributed by atoms with Crippen molar-refractivity contribution in [2.75, 3.05) is 25.5 Å². The average molecular weight is 357 g/mol. The van der Waals surface area contributed by atoms with Crippen LogP contribution in [-0.4, -0.2) is 42.2 Å². The van der Waals surface area contributed by atoms with Crippen LogP contribution in [-0.2, 0) is 4.79 Å². The minimum atomic E-state index is -0.785. The molecule has 1 fully saturated rings. The number of carboxylic acid groups (broad SMARTS) is 1. The van der Waals surface area contributed by atoms with E-state index >= 15 is 0 Å². The van der Waals surface area contributed by atoms with E-state index in [9.17, 15) is 9.59 Å². The van der Waals surface area contributed by atoms with Crippen LogP contribution in [0.1, 0.15) is 12.8 Å². The molecule has 2 rings (SSSR count).